The first-order chi connectivity index (χ1) is 17.6. The van der Waals surface area contributed by atoms with Gasteiger partial charge in [-0.3, -0.25) is 9.59 Å². The number of carbonyl (C=O) groups excluding carboxylic acids is 2. The molecule has 0 aliphatic carbocycles. The first-order valence-corrected chi connectivity index (χ1v) is 12.5. The van der Waals surface area contributed by atoms with Crippen LogP contribution in [0.4, 0.5) is 0 Å². The Labute approximate surface area is 220 Å². The van der Waals surface area contributed by atoms with Crippen molar-refractivity contribution in [2.75, 3.05) is 13.7 Å². The number of nitrogens with zero attached hydrogens (tertiary/aromatic N) is 1. The maximum Gasteiger partial charge on any atom is 0.261 e. The molecule has 0 saturated carbocycles. The van der Waals surface area contributed by atoms with Crippen molar-refractivity contribution >= 4 is 11.8 Å². The highest BCUT2D eigenvalue weighted by molar-refractivity contribution is 5.89. The van der Waals surface area contributed by atoms with Crippen LogP contribution in [0.15, 0.2) is 72.8 Å². The van der Waals surface area contributed by atoms with Crippen molar-refractivity contribution in [3.63, 3.8) is 0 Å². The van der Waals surface area contributed by atoms with Crippen molar-refractivity contribution in [2.24, 2.45) is 0 Å². The van der Waals surface area contributed by atoms with Gasteiger partial charge in [0.15, 0.2) is 6.61 Å². The maximum absolute atomic E-state index is 13.8. The highest BCUT2D eigenvalue weighted by Gasteiger charge is 2.32. The van der Waals surface area contributed by atoms with Gasteiger partial charge in [-0.1, -0.05) is 54.6 Å². The molecule has 0 heterocycles. The first kappa shape index (κ1) is 27.8. The molecular weight excluding hydrogens is 464 g/mol. The number of rotatable bonds is 10. The molecule has 2 amide bonds. The number of ether oxygens (including phenoxy) is 2. The van der Waals surface area contributed by atoms with Crippen LogP contribution in [0.5, 0.6) is 11.5 Å². The summed E-state index contributed by atoms with van der Waals surface area (Å²) in [5.74, 6) is 0.872. The molecule has 196 valence electrons. The molecule has 0 aliphatic heterocycles. The van der Waals surface area contributed by atoms with E-state index in [1.807, 2.05) is 107 Å². The average molecular weight is 503 g/mol. The zero-order valence-electron chi connectivity index (χ0n) is 22.7. The van der Waals surface area contributed by atoms with Crippen molar-refractivity contribution in [1.29, 1.82) is 0 Å². The fourth-order valence-corrected chi connectivity index (χ4v) is 4.06. The maximum atomic E-state index is 13.8. The van der Waals surface area contributed by atoms with E-state index in [1.165, 1.54) is 0 Å². The van der Waals surface area contributed by atoms with Crippen LogP contribution in [0.1, 0.15) is 43.0 Å². The van der Waals surface area contributed by atoms with Crippen LogP contribution in [0, 0.1) is 13.8 Å². The topological polar surface area (TPSA) is 67.9 Å². The molecule has 6 nitrogen and oxygen atoms in total. The van der Waals surface area contributed by atoms with Crippen molar-refractivity contribution in [2.45, 2.75) is 59.2 Å². The average Bonchev–Trinajstić information content (AvgIpc) is 2.86. The Morgan fingerprint density at radius 1 is 0.919 bits per heavy atom. The van der Waals surface area contributed by atoms with Crippen LogP contribution < -0.4 is 14.8 Å². The predicted molar refractivity (Wildman–Crippen MR) is 147 cm³/mol. The van der Waals surface area contributed by atoms with Gasteiger partial charge in [0.25, 0.3) is 5.91 Å². The zero-order chi connectivity index (χ0) is 27.0. The quantitative estimate of drug-likeness (QED) is 0.411. The van der Waals surface area contributed by atoms with Crippen molar-refractivity contribution in [1.82, 2.24) is 10.2 Å². The van der Waals surface area contributed by atoms with Gasteiger partial charge in [-0.25, -0.2) is 0 Å². The second-order valence-corrected chi connectivity index (χ2v) is 10.4. The highest BCUT2D eigenvalue weighted by Crippen LogP contribution is 2.22. The molecule has 37 heavy (non-hydrogen) atoms. The Hall–Kier alpha value is -3.80. The number of amides is 2. The third-order valence-electron chi connectivity index (χ3n) is 5.95. The highest BCUT2D eigenvalue weighted by atomic mass is 16.5. The lowest BCUT2D eigenvalue weighted by molar-refractivity contribution is -0.143. The Balaban J connectivity index is 1.96. The lowest BCUT2D eigenvalue weighted by Crippen LogP contribution is -2.55. The Morgan fingerprint density at radius 3 is 2.30 bits per heavy atom. The van der Waals surface area contributed by atoms with Gasteiger partial charge in [0.1, 0.15) is 17.5 Å². The molecule has 3 aromatic carbocycles. The molecule has 0 bridgehead atoms. The molecule has 0 radical (unpaired) electrons. The monoisotopic (exact) mass is 502 g/mol. The summed E-state index contributed by atoms with van der Waals surface area (Å²) in [6.45, 7) is 9.79. The largest absolute Gasteiger partial charge is 0.497 e. The second-order valence-electron chi connectivity index (χ2n) is 10.4. The standard InChI is InChI=1S/C31H38N2O4/c1-22-15-16-23(2)28(17-22)37-21-29(34)33(20-25-13-10-14-26(18-25)36-6)27(30(35)32-31(3,4)5)19-24-11-8-7-9-12-24/h7-18,27H,19-21H2,1-6H3,(H,32,35)/t27-/m0/s1. The molecule has 1 N–H and O–H groups in total. The number of benzene rings is 3. The van der Waals surface area contributed by atoms with Crippen LogP contribution in [-0.2, 0) is 22.6 Å². The van der Waals surface area contributed by atoms with E-state index in [2.05, 4.69) is 5.32 Å². The van der Waals surface area contributed by atoms with E-state index in [9.17, 15) is 9.59 Å². The second kappa shape index (κ2) is 12.4. The first-order valence-electron chi connectivity index (χ1n) is 12.5. The molecular formula is C31H38N2O4. The summed E-state index contributed by atoms with van der Waals surface area (Å²) in [6.07, 6.45) is 0.377. The smallest absolute Gasteiger partial charge is 0.261 e. The number of methoxy groups -OCH3 is 1. The van der Waals surface area contributed by atoms with E-state index in [0.29, 0.717) is 17.9 Å². The molecule has 0 aromatic heterocycles. The molecule has 0 saturated heterocycles. The molecule has 3 rings (SSSR count). The van der Waals surface area contributed by atoms with Gasteiger partial charge < -0.3 is 19.7 Å². The molecule has 6 heteroatoms. The third-order valence-corrected chi connectivity index (χ3v) is 5.95. The Kier molecular flexibility index (Phi) is 9.34. The van der Waals surface area contributed by atoms with Crippen molar-refractivity contribution in [3.05, 3.63) is 95.1 Å². The zero-order valence-corrected chi connectivity index (χ0v) is 22.7. The number of carbonyl (C=O) groups is 2. The minimum absolute atomic E-state index is 0.178. The van der Waals surface area contributed by atoms with Crippen LogP contribution in [0.25, 0.3) is 0 Å². The van der Waals surface area contributed by atoms with Crippen molar-refractivity contribution < 1.29 is 19.1 Å². The summed E-state index contributed by atoms with van der Waals surface area (Å²) < 4.78 is 11.4. The number of hydrogen-bond acceptors (Lipinski definition) is 4. The summed E-state index contributed by atoms with van der Waals surface area (Å²) in [7, 11) is 1.61. The van der Waals surface area contributed by atoms with Crippen molar-refractivity contribution in [3.8, 4) is 11.5 Å². The number of aryl methyl sites for hydroxylation is 2. The van der Waals surface area contributed by atoms with Crippen LogP contribution in [0.2, 0.25) is 0 Å². The van der Waals surface area contributed by atoms with Gasteiger partial charge in [0, 0.05) is 18.5 Å². The van der Waals surface area contributed by atoms with Gasteiger partial charge in [0.05, 0.1) is 7.11 Å². The Morgan fingerprint density at radius 2 is 1.62 bits per heavy atom. The Bertz CT molecular complexity index is 1200. The minimum atomic E-state index is -0.734. The van der Waals surface area contributed by atoms with Gasteiger partial charge >= 0.3 is 0 Å². The molecule has 1 atom stereocenters. The van der Waals surface area contributed by atoms with E-state index in [1.54, 1.807) is 12.0 Å². The molecule has 3 aromatic rings. The molecule has 0 fully saturated rings. The lowest BCUT2D eigenvalue weighted by atomic mass is 10.0. The summed E-state index contributed by atoms with van der Waals surface area (Å²) in [5.41, 5.74) is 3.37. The van der Waals surface area contributed by atoms with Crippen LogP contribution >= 0.6 is 0 Å². The van der Waals surface area contributed by atoms with Gasteiger partial charge in [0.2, 0.25) is 5.91 Å². The normalized spacial score (nSPS) is 11.9. The van der Waals surface area contributed by atoms with Gasteiger partial charge in [-0.05, 0) is 75.1 Å². The third kappa shape index (κ3) is 8.38. The fourth-order valence-electron chi connectivity index (χ4n) is 4.06. The van der Waals surface area contributed by atoms with E-state index < -0.39 is 11.6 Å². The fraction of sp³-hybridized carbons (Fsp3) is 0.355. The van der Waals surface area contributed by atoms with Crippen LogP contribution in [0.3, 0.4) is 0 Å². The molecule has 0 unspecified atom stereocenters. The van der Waals surface area contributed by atoms with E-state index >= 15 is 0 Å². The molecule has 0 aliphatic rings. The van der Waals surface area contributed by atoms with Gasteiger partial charge in [-0.2, -0.15) is 0 Å². The lowest BCUT2D eigenvalue weighted by Gasteiger charge is -2.34. The summed E-state index contributed by atoms with van der Waals surface area (Å²) in [5, 5.41) is 3.08. The molecule has 0 spiro atoms. The number of hydrogen-bond donors (Lipinski definition) is 1. The predicted octanol–water partition coefficient (Wildman–Crippen LogP) is 5.25. The SMILES string of the molecule is COc1cccc(CN(C(=O)COc2cc(C)ccc2C)[C@@H](Cc2ccccc2)C(=O)NC(C)(C)C)c1. The van der Waals surface area contributed by atoms with E-state index in [4.69, 9.17) is 9.47 Å². The summed E-state index contributed by atoms with van der Waals surface area (Å²) >= 11 is 0. The van der Waals surface area contributed by atoms with Crippen LogP contribution in [-0.4, -0.2) is 42.0 Å². The summed E-state index contributed by atoms with van der Waals surface area (Å²) in [4.78, 5) is 29.0. The van der Waals surface area contributed by atoms with E-state index in [0.717, 1.165) is 22.3 Å². The number of nitrogens with one attached hydrogen (secondary N) is 1. The minimum Gasteiger partial charge on any atom is -0.497 e. The van der Waals surface area contributed by atoms with E-state index in [-0.39, 0.29) is 25.0 Å². The van der Waals surface area contributed by atoms with Gasteiger partial charge in [-0.15, -0.1) is 0 Å². The summed E-state index contributed by atoms with van der Waals surface area (Å²) in [6, 6.07) is 22.5.